The number of ether oxygens (including phenoxy) is 2. The van der Waals surface area contributed by atoms with Crippen LogP contribution in [0.25, 0.3) is 0 Å². The summed E-state index contributed by atoms with van der Waals surface area (Å²) in [6.45, 7) is 8.80. The first-order valence-corrected chi connectivity index (χ1v) is 7.17. The summed E-state index contributed by atoms with van der Waals surface area (Å²) >= 11 is 0. The van der Waals surface area contributed by atoms with Crippen molar-refractivity contribution in [1.82, 2.24) is 4.90 Å². The molecule has 0 rings (SSSR count). The zero-order valence-corrected chi connectivity index (χ0v) is 12.7. The van der Waals surface area contributed by atoms with Gasteiger partial charge in [0, 0.05) is 46.5 Å². The second kappa shape index (κ2) is 11.9. The van der Waals surface area contributed by atoms with Crippen molar-refractivity contribution in [3.8, 4) is 0 Å². The van der Waals surface area contributed by atoms with Crippen molar-refractivity contribution in [2.24, 2.45) is 11.7 Å². The molecule has 110 valence electrons. The standard InChI is InChI=1S/C14H32N2O2/c1-5-13(6-2)14(12-15)16(9-11-18-4)8-7-10-17-3/h13-14H,5-12,15H2,1-4H3. The quantitative estimate of drug-likeness (QED) is 0.543. The summed E-state index contributed by atoms with van der Waals surface area (Å²) in [7, 11) is 3.50. The molecule has 0 amide bonds. The van der Waals surface area contributed by atoms with E-state index in [4.69, 9.17) is 15.2 Å². The second-order valence-electron chi connectivity index (χ2n) is 4.75. The molecule has 0 aliphatic heterocycles. The Morgan fingerprint density at radius 3 is 2.06 bits per heavy atom. The van der Waals surface area contributed by atoms with Crippen LogP contribution < -0.4 is 5.73 Å². The Bertz CT molecular complexity index is 175. The van der Waals surface area contributed by atoms with Crippen molar-refractivity contribution in [1.29, 1.82) is 0 Å². The lowest BCUT2D eigenvalue weighted by Gasteiger charge is -2.35. The Labute approximate surface area is 113 Å². The van der Waals surface area contributed by atoms with Gasteiger partial charge in [-0.15, -0.1) is 0 Å². The zero-order valence-electron chi connectivity index (χ0n) is 12.7. The van der Waals surface area contributed by atoms with E-state index >= 15 is 0 Å². The lowest BCUT2D eigenvalue weighted by Crippen LogP contribution is -2.47. The molecule has 0 saturated carbocycles. The van der Waals surface area contributed by atoms with E-state index in [9.17, 15) is 0 Å². The highest BCUT2D eigenvalue weighted by molar-refractivity contribution is 4.79. The average Bonchev–Trinajstić information content (AvgIpc) is 2.40. The van der Waals surface area contributed by atoms with Crippen LogP contribution in [0.1, 0.15) is 33.1 Å². The van der Waals surface area contributed by atoms with Gasteiger partial charge in [-0.1, -0.05) is 26.7 Å². The third-order valence-corrected chi connectivity index (χ3v) is 3.68. The molecule has 0 bridgehead atoms. The minimum Gasteiger partial charge on any atom is -0.385 e. The fraction of sp³-hybridized carbons (Fsp3) is 1.00. The summed E-state index contributed by atoms with van der Waals surface area (Å²) in [5.74, 6) is 0.675. The van der Waals surface area contributed by atoms with Gasteiger partial charge in [-0.2, -0.15) is 0 Å². The monoisotopic (exact) mass is 260 g/mol. The first-order valence-electron chi connectivity index (χ1n) is 7.17. The summed E-state index contributed by atoms with van der Waals surface area (Å²) in [5.41, 5.74) is 5.99. The Morgan fingerprint density at radius 2 is 1.61 bits per heavy atom. The van der Waals surface area contributed by atoms with Crippen LogP contribution in [0.3, 0.4) is 0 Å². The van der Waals surface area contributed by atoms with Gasteiger partial charge >= 0.3 is 0 Å². The van der Waals surface area contributed by atoms with Gasteiger partial charge in [0.2, 0.25) is 0 Å². The smallest absolute Gasteiger partial charge is 0.0589 e. The van der Waals surface area contributed by atoms with Crippen LogP contribution in [0.5, 0.6) is 0 Å². The Balaban J connectivity index is 4.44. The Hall–Kier alpha value is -0.160. The molecule has 0 fully saturated rings. The molecule has 0 aromatic carbocycles. The maximum absolute atomic E-state index is 5.99. The van der Waals surface area contributed by atoms with E-state index in [1.54, 1.807) is 14.2 Å². The third kappa shape index (κ3) is 6.69. The van der Waals surface area contributed by atoms with E-state index < -0.39 is 0 Å². The normalized spacial score (nSPS) is 13.5. The number of nitrogens with two attached hydrogens (primary N) is 1. The number of hydrogen-bond donors (Lipinski definition) is 1. The minimum atomic E-state index is 0.465. The van der Waals surface area contributed by atoms with Gasteiger partial charge in [-0.3, -0.25) is 4.90 Å². The molecular formula is C14H32N2O2. The Morgan fingerprint density at radius 1 is 1.00 bits per heavy atom. The highest BCUT2D eigenvalue weighted by atomic mass is 16.5. The molecule has 0 saturated heterocycles. The maximum Gasteiger partial charge on any atom is 0.0589 e. The molecule has 1 atom stereocenters. The molecule has 0 heterocycles. The van der Waals surface area contributed by atoms with Crippen LogP contribution in [-0.2, 0) is 9.47 Å². The lowest BCUT2D eigenvalue weighted by atomic mass is 9.92. The molecule has 18 heavy (non-hydrogen) atoms. The van der Waals surface area contributed by atoms with Crippen LogP contribution in [0.2, 0.25) is 0 Å². The lowest BCUT2D eigenvalue weighted by molar-refractivity contribution is 0.0828. The van der Waals surface area contributed by atoms with E-state index in [0.29, 0.717) is 12.0 Å². The van der Waals surface area contributed by atoms with Gasteiger partial charge in [-0.05, 0) is 12.3 Å². The van der Waals surface area contributed by atoms with E-state index in [2.05, 4.69) is 18.7 Å². The van der Waals surface area contributed by atoms with Crippen LogP contribution in [-0.4, -0.2) is 58.0 Å². The molecule has 2 N–H and O–H groups in total. The summed E-state index contributed by atoms with van der Waals surface area (Å²) in [6.07, 6.45) is 3.43. The van der Waals surface area contributed by atoms with Crippen molar-refractivity contribution in [2.75, 3.05) is 47.1 Å². The SMILES string of the molecule is CCC(CC)C(CN)N(CCCOC)CCOC. The fourth-order valence-electron chi connectivity index (χ4n) is 2.54. The highest BCUT2D eigenvalue weighted by Gasteiger charge is 2.23. The minimum absolute atomic E-state index is 0.465. The van der Waals surface area contributed by atoms with Crippen molar-refractivity contribution in [2.45, 2.75) is 39.2 Å². The third-order valence-electron chi connectivity index (χ3n) is 3.68. The molecule has 0 aliphatic rings. The number of rotatable bonds is 12. The predicted molar refractivity (Wildman–Crippen MR) is 76.9 cm³/mol. The van der Waals surface area contributed by atoms with Gasteiger partial charge in [0.1, 0.15) is 0 Å². The van der Waals surface area contributed by atoms with Gasteiger partial charge < -0.3 is 15.2 Å². The summed E-state index contributed by atoms with van der Waals surface area (Å²) in [4.78, 5) is 2.47. The Kier molecular flexibility index (Phi) is 11.8. The molecule has 1 unspecified atom stereocenters. The topological polar surface area (TPSA) is 47.7 Å². The van der Waals surface area contributed by atoms with E-state index in [-0.39, 0.29) is 0 Å². The van der Waals surface area contributed by atoms with Gasteiger partial charge in [-0.25, -0.2) is 0 Å². The van der Waals surface area contributed by atoms with Gasteiger partial charge in [0.15, 0.2) is 0 Å². The van der Waals surface area contributed by atoms with Gasteiger partial charge in [0.25, 0.3) is 0 Å². The molecule has 4 heteroatoms. The predicted octanol–water partition coefficient (Wildman–Crippen LogP) is 1.73. The van der Waals surface area contributed by atoms with E-state index in [0.717, 1.165) is 39.3 Å². The summed E-state index contributed by atoms with van der Waals surface area (Å²) < 4.78 is 10.3. The van der Waals surface area contributed by atoms with E-state index in [1.807, 2.05) is 0 Å². The summed E-state index contributed by atoms with van der Waals surface area (Å²) in [5, 5.41) is 0. The highest BCUT2D eigenvalue weighted by Crippen LogP contribution is 2.18. The van der Waals surface area contributed by atoms with E-state index in [1.165, 1.54) is 12.8 Å². The molecule has 0 radical (unpaired) electrons. The number of nitrogens with zero attached hydrogens (tertiary/aromatic N) is 1. The first kappa shape index (κ1) is 17.8. The number of methoxy groups -OCH3 is 2. The van der Waals surface area contributed by atoms with Crippen LogP contribution in [0, 0.1) is 5.92 Å². The van der Waals surface area contributed by atoms with Crippen molar-refractivity contribution in [3.05, 3.63) is 0 Å². The maximum atomic E-state index is 5.99. The number of hydrogen-bond acceptors (Lipinski definition) is 4. The fourth-order valence-corrected chi connectivity index (χ4v) is 2.54. The molecule has 4 nitrogen and oxygen atoms in total. The molecular weight excluding hydrogens is 228 g/mol. The zero-order chi connectivity index (χ0) is 13.8. The molecule has 0 aromatic heterocycles. The molecule has 0 aromatic rings. The van der Waals surface area contributed by atoms with Crippen molar-refractivity contribution >= 4 is 0 Å². The molecule has 0 spiro atoms. The first-order chi connectivity index (χ1) is 8.74. The van der Waals surface area contributed by atoms with Gasteiger partial charge in [0.05, 0.1) is 6.61 Å². The second-order valence-corrected chi connectivity index (χ2v) is 4.75. The average molecular weight is 260 g/mol. The van der Waals surface area contributed by atoms with Crippen molar-refractivity contribution in [3.63, 3.8) is 0 Å². The van der Waals surface area contributed by atoms with Crippen molar-refractivity contribution < 1.29 is 9.47 Å². The summed E-state index contributed by atoms with van der Waals surface area (Å²) in [6, 6.07) is 0.465. The van der Waals surface area contributed by atoms with Crippen LogP contribution in [0.4, 0.5) is 0 Å². The van der Waals surface area contributed by atoms with Crippen LogP contribution in [0.15, 0.2) is 0 Å². The molecule has 0 aliphatic carbocycles. The largest absolute Gasteiger partial charge is 0.385 e. The van der Waals surface area contributed by atoms with Crippen LogP contribution >= 0.6 is 0 Å².